The predicted octanol–water partition coefficient (Wildman–Crippen LogP) is 2.69. The average molecular weight is 310 g/mol. The predicted molar refractivity (Wildman–Crippen MR) is 87.8 cm³/mol. The van der Waals surface area contributed by atoms with Crippen molar-refractivity contribution in [1.82, 2.24) is 9.62 Å². The van der Waals surface area contributed by atoms with Gasteiger partial charge < -0.3 is 5.32 Å². The Hall–Kier alpha value is -1.17. The number of hydrogen-bond acceptors (Lipinski definition) is 3. The Labute approximate surface area is 128 Å². The molecule has 0 radical (unpaired) electrons. The third-order valence-corrected chi connectivity index (χ3v) is 5.40. The van der Waals surface area contributed by atoms with Crippen LogP contribution in [0.25, 0.3) is 0 Å². The maximum Gasteiger partial charge on any atom is 0.243 e. The molecule has 0 amide bonds. The van der Waals surface area contributed by atoms with Gasteiger partial charge in [0.05, 0.1) is 4.90 Å². The van der Waals surface area contributed by atoms with Crippen molar-refractivity contribution in [2.45, 2.75) is 38.1 Å². The molecule has 21 heavy (non-hydrogen) atoms. The van der Waals surface area contributed by atoms with Gasteiger partial charge in [0.15, 0.2) is 0 Å². The van der Waals surface area contributed by atoms with Gasteiger partial charge in [0.1, 0.15) is 0 Å². The van der Waals surface area contributed by atoms with E-state index in [-0.39, 0.29) is 0 Å². The van der Waals surface area contributed by atoms with Crippen LogP contribution >= 0.6 is 0 Å². The number of hydrogen-bond donors (Lipinski definition) is 1. The average Bonchev–Trinajstić information content (AvgIpc) is 2.46. The van der Waals surface area contributed by atoms with Crippen LogP contribution in [-0.2, 0) is 16.6 Å². The van der Waals surface area contributed by atoms with E-state index in [0.717, 1.165) is 30.5 Å². The summed E-state index contributed by atoms with van der Waals surface area (Å²) in [5.74, 6) is 0. The molecule has 5 heteroatoms. The highest BCUT2D eigenvalue weighted by atomic mass is 32.2. The number of aryl methyl sites for hydroxylation is 1. The van der Waals surface area contributed by atoms with E-state index in [1.807, 2.05) is 32.1 Å². The fraction of sp³-hybridized carbons (Fsp3) is 0.500. The van der Waals surface area contributed by atoms with Gasteiger partial charge in [-0.15, -0.1) is 6.58 Å². The molecule has 0 aromatic heterocycles. The quantitative estimate of drug-likeness (QED) is 0.563. The summed E-state index contributed by atoms with van der Waals surface area (Å²) in [5, 5.41) is 3.21. The van der Waals surface area contributed by atoms with Gasteiger partial charge >= 0.3 is 0 Å². The van der Waals surface area contributed by atoms with E-state index in [9.17, 15) is 8.42 Å². The van der Waals surface area contributed by atoms with Crippen molar-refractivity contribution in [1.29, 1.82) is 0 Å². The van der Waals surface area contributed by atoms with Gasteiger partial charge in [0.2, 0.25) is 10.0 Å². The van der Waals surface area contributed by atoms with Gasteiger partial charge in [0, 0.05) is 20.1 Å². The Morgan fingerprint density at radius 3 is 2.71 bits per heavy atom. The third-order valence-electron chi connectivity index (χ3n) is 3.40. The smallest absolute Gasteiger partial charge is 0.243 e. The normalized spacial score (nSPS) is 11.8. The largest absolute Gasteiger partial charge is 0.313 e. The van der Waals surface area contributed by atoms with E-state index in [0.29, 0.717) is 18.0 Å². The molecule has 4 nitrogen and oxygen atoms in total. The minimum Gasteiger partial charge on any atom is -0.313 e. The molecule has 118 valence electrons. The van der Waals surface area contributed by atoms with Crippen molar-refractivity contribution in [3.8, 4) is 0 Å². The first-order chi connectivity index (χ1) is 9.93. The summed E-state index contributed by atoms with van der Waals surface area (Å²) in [5.41, 5.74) is 1.77. The second-order valence-corrected chi connectivity index (χ2v) is 7.15. The SMILES string of the molecule is C=CCCCN(C)S(=O)(=O)c1cc(CNCC)ccc1C. The molecule has 0 bridgehead atoms. The molecule has 1 N–H and O–H groups in total. The molecule has 0 aliphatic carbocycles. The Morgan fingerprint density at radius 2 is 2.10 bits per heavy atom. The standard InChI is InChI=1S/C16H26N2O2S/c1-5-7-8-11-18(4)21(19,20)16-12-15(13-17-6-2)10-9-14(16)3/h5,9-10,12,17H,1,6-8,11,13H2,2-4H3. The van der Waals surface area contributed by atoms with E-state index < -0.39 is 10.0 Å². The van der Waals surface area contributed by atoms with Crippen LogP contribution in [0.15, 0.2) is 35.7 Å². The second-order valence-electron chi connectivity index (χ2n) is 5.14. The van der Waals surface area contributed by atoms with Gasteiger partial charge in [-0.3, -0.25) is 0 Å². The fourth-order valence-electron chi connectivity index (χ4n) is 2.05. The molecule has 1 aromatic rings. The highest BCUT2D eigenvalue weighted by Gasteiger charge is 2.22. The van der Waals surface area contributed by atoms with Crippen LogP contribution in [-0.4, -0.2) is 32.9 Å². The lowest BCUT2D eigenvalue weighted by atomic mass is 10.1. The van der Waals surface area contributed by atoms with Crippen LogP contribution in [0, 0.1) is 6.92 Å². The molecule has 0 spiro atoms. The highest BCUT2D eigenvalue weighted by molar-refractivity contribution is 7.89. The third kappa shape index (κ3) is 4.95. The van der Waals surface area contributed by atoms with Gasteiger partial charge in [-0.05, 0) is 43.5 Å². The zero-order valence-electron chi connectivity index (χ0n) is 13.2. The number of benzene rings is 1. The molecule has 1 aromatic carbocycles. The van der Waals surface area contributed by atoms with Crippen molar-refractivity contribution in [2.75, 3.05) is 20.1 Å². The molecule has 0 unspecified atom stereocenters. The van der Waals surface area contributed by atoms with Crippen LogP contribution in [0.2, 0.25) is 0 Å². The van der Waals surface area contributed by atoms with Gasteiger partial charge in [-0.2, -0.15) is 0 Å². The van der Waals surface area contributed by atoms with Gasteiger partial charge in [0.25, 0.3) is 0 Å². The maximum atomic E-state index is 12.7. The van der Waals surface area contributed by atoms with Crippen molar-refractivity contribution >= 4 is 10.0 Å². The van der Waals surface area contributed by atoms with Crippen LogP contribution in [0.5, 0.6) is 0 Å². The minimum absolute atomic E-state index is 0.402. The molecule has 0 atom stereocenters. The molecule has 0 saturated carbocycles. The summed E-state index contributed by atoms with van der Waals surface area (Å²) in [7, 11) is -1.79. The number of nitrogens with one attached hydrogen (secondary N) is 1. The van der Waals surface area contributed by atoms with Crippen LogP contribution < -0.4 is 5.32 Å². The molecule has 0 aliphatic rings. The number of sulfonamides is 1. The molecule has 0 saturated heterocycles. The van der Waals surface area contributed by atoms with E-state index in [1.54, 1.807) is 13.1 Å². The molecule has 0 fully saturated rings. The van der Waals surface area contributed by atoms with E-state index in [1.165, 1.54) is 4.31 Å². The zero-order chi connectivity index (χ0) is 15.9. The van der Waals surface area contributed by atoms with Crippen molar-refractivity contribution < 1.29 is 8.42 Å². The van der Waals surface area contributed by atoms with Crippen molar-refractivity contribution in [3.63, 3.8) is 0 Å². The fourth-order valence-corrected chi connectivity index (χ4v) is 3.53. The van der Waals surface area contributed by atoms with Crippen LogP contribution in [0.3, 0.4) is 0 Å². The van der Waals surface area contributed by atoms with Crippen LogP contribution in [0.4, 0.5) is 0 Å². The molecule has 1 rings (SSSR count). The number of rotatable bonds is 9. The summed E-state index contributed by atoms with van der Waals surface area (Å²) in [6.07, 6.45) is 3.41. The van der Waals surface area contributed by atoms with Crippen molar-refractivity contribution in [3.05, 3.63) is 42.0 Å². The number of unbranched alkanes of at least 4 members (excludes halogenated alkanes) is 1. The van der Waals surface area contributed by atoms with E-state index >= 15 is 0 Å². The number of allylic oxidation sites excluding steroid dienone is 1. The second kappa shape index (κ2) is 8.32. The first-order valence-corrected chi connectivity index (χ1v) is 8.75. The minimum atomic E-state index is -3.43. The summed E-state index contributed by atoms with van der Waals surface area (Å²) in [6, 6.07) is 5.61. The van der Waals surface area contributed by atoms with E-state index in [4.69, 9.17) is 0 Å². The Balaban J connectivity index is 2.97. The Kier molecular flexibility index (Phi) is 7.08. The summed E-state index contributed by atoms with van der Waals surface area (Å²) >= 11 is 0. The molecular weight excluding hydrogens is 284 g/mol. The summed E-state index contributed by atoms with van der Waals surface area (Å²) < 4.78 is 26.7. The molecular formula is C16H26N2O2S. The van der Waals surface area contributed by atoms with Crippen molar-refractivity contribution in [2.24, 2.45) is 0 Å². The monoisotopic (exact) mass is 310 g/mol. The highest BCUT2D eigenvalue weighted by Crippen LogP contribution is 2.21. The number of nitrogens with zero attached hydrogens (tertiary/aromatic N) is 1. The van der Waals surface area contributed by atoms with Gasteiger partial charge in [-0.1, -0.05) is 25.1 Å². The zero-order valence-corrected chi connectivity index (χ0v) is 14.0. The lowest BCUT2D eigenvalue weighted by Crippen LogP contribution is -2.28. The lowest BCUT2D eigenvalue weighted by molar-refractivity contribution is 0.462. The Bertz CT molecular complexity index is 568. The maximum absolute atomic E-state index is 12.7. The van der Waals surface area contributed by atoms with Crippen LogP contribution in [0.1, 0.15) is 30.9 Å². The topological polar surface area (TPSA) is 49.4 Å². The molecule has 0 aliphatic heterocycles. The molecule has 0 heterocycles. The lowest BCUT2D eigenvalue weighted by Gasteiger charge is -2.19. The first kappa shape index (κ1) is 17.9. The van der Waals surface area contributed by atoms with E-state index in [2.05, 4.69) is 11.9 Å². The van der Waals surface area contributed by atoms with Gasteiger partial charge in [-0.25, -0.2) is 12.7 Å². The summed E-state index contributed by atoms with van der Waals surface area (Å²) in [6.45, 7) is 9.56. The first-order valence-electron chi connectivity index (χ1n) is 7.31. The summed E-state index contributed by atoms with van der Waals surface area (Å²) in [4.78, 5) is 0.402. The Morgan fingerprint density at radius 1 is 1.38 bits per heavy atom.